The van der Waals surface area contributed by atoms with Crippen molar-refractivity contribution in [1.82, 2.24) is 14.8 Å². The van der Waals surface area contributed by atoms with Crippen LogP contribution in [0, 0.1) is 6.92 Å². The number of fused-ring (bicyclic) bond motifs is 1. The minimum absolute atomic E-state index is 0.0220. The predicted molar refractivity (Wildman–Crippen MR) is 160 cm³/mol. The van der Waals surface area contributed by atoms with Crippen LogP contribution >= 0.6 is 15.9 Å². The zero-order valence-electron chi connectivity index (χ0n) is 22.5. The number of rotatable bonds is 12. The Morgan fingerprint density at radius 3 is 2.44 bits per heavy atom. The molecule has 3 amide bonds. The van der Waals surface area contributed by atoms with Gasteiger partial charge in [-0.3, -0.25) is 4.79 Å². The van der Waals surface area contributed by atoms with Crippen LogP contribution in [0.4, 0.5) is 10.5 Å². The summed E-state index contributed by atoms with van der Waals surface area (Å²) in [5, 5.41) is 4.08. The fourth-order valence-corrected chi connectivity index (χ4v) is 4.72. The molecule has 0 bridgehead atoms. The van der Waals surface area contributed by atoms with Crippen LogP contribution < -0.4 is 5.32 Å². The van der Waals surface area contributed by atoms with Crippen LogP contribution in [0.15, 0.2) is 83.5 Å². The number of aromatic amines is 1. The van der Waals surface area contributed by atoms with E-state index in [2.05, 4.69) is 62.6 Å². The topological polar surface area (TPSA) is 77.7 Å². The molecular formula is C31H35BrN4O3. The lowest BCUT2D eigenvalue weighted by Gasteiger charge is -2.28. The summed E-state index contributed by atoms with van der Waals surface area (Å²) in [6.07, 6.45) is 3.35. The molecule has 8 heteroatoms. The van der Waals surface area contributed by atoms with Crippen LogP contribution in [0.5, 0.6) is 0 Å². The lowest BCUT2D eigenvalue weighted by atomic mass is 10.1. The average molecular weight is 592 g/mol. The molecule has 0 aliphatic rings. The minimum atomic E-state index is -0.311. The Morgan fingerprint density at radius 2 is 1.69 bits per heavy atom. The van der Waals surface area contributed by atoms with Crippen molar-refractivity contribution in [3.8, 4) is 0 Å². The van der Waals surface area contributed by atoms with Crippen molar-refractivity contribution in [3.63, 3.8) is 0 Å². The number of anilines is 1. The van der Waals surface area contributed by atoms with Crippen molar-refractivity contribution in [2.75, 3.05) is 38.7 Å². The van der Waals surface area contributed by atoms with Crippen LogP contribution in [0.3, 0.4) is 0 Å². The highest BCUT2D eigenvalue weighted by Gasteiger charge is 2.22. The van der Waals surface area contributed by atoms with Gasteiger partial charge in [-0.25, -0.2) is 4.79 Å². The first-order valence-electron chi connectivity index (χ1n) is 13.1. The summed E-state index contributed by atoms with van der Waals surface area (Å²) in [6.45, 7) is 3.95. The highest BCUT2D eigenvalue weighted by atomic mass is 79.9. The first kappa shape index (κ1) is 28.4. The Labute approximate surface area is 238 Å². The number of para-hydroxylation sites is 1. The van der Waals surface area contributed by atoms with Crippen LogP contribution in [-0.4, -0.2) is 60.1 Å². The van der Waals surface area contributed by atoms with Gasteiger partial charge in [0.25, 0.3) is 0 Å². The summed E-state index contributed by atoms with van der Waals surface area (Å²) in [6, 6.07) is 23.5. The first-order valence-corrected chi connectivity index (χ1v) is 13.9. The second-order valence-electron chi connectivity index (χ2n) is 9.62. The second-order valence-corrected chi connectivity index (χ2v) is 10.5. The zero-order valence-corrected chi connectivity index (χ0v) is 24.0. The van der Waals surface area contributed by atoms with E-state index < -0.39 is 0 Å². The molecule has 1 heterocycles. The molecule has 0 saturated carbocycles. The van der Waals surface area contributed by atoms with Crippen molar-refractivity contribution in [2.24, 2.45) is 0 Å². The molecule has 2 N–H and O–H groups in total. The van der Waals surface area contributed by atoms with Gasteiger partial charge in [-0.2, -0.15) is 0 Å². The van der Waals surface area contributed by atoms with Gasteiger partial charge in [-0.05, 0) is 61.2 Å². The standard InChI is InChI=1S/C31H35BrN4O3/c1-23-8-10-24(11-9-23)21-35(18-16-25-20-33-29-7-4-3-6-28(25)29)30(37)22-36(17-5-19-39-2)31(38)34-27-14-12-26(32)13-15-27/h3-4,6-15,20,33H,5,16-19,21-22H2,1-2H3,(H,34,38). The molecule has 3 aromatic carbocycles. The van der Waals surface area contributed by atoms with E-state index in [0.29, 0.717) is 44.8 Å². The number of methoxy groups -OCH3 is 1. The summed E-state index contributed by atoms with van der Waals surface area (Å²) in [5.74, 6) is -0.0983. The molecule has 0 radical (unpaired) electrons. The Morgan fingerprint density at radius 1 is 0.949 bits per heavy atom. The molecule has 204 valence electrons. The molecule has 0 atom stereocenters. The molecule has 0 spiro atoms. The van der Waals surface area contributed by atoms with E-state index in [1.54, 1.807) is 12.0 Å². The van der Waals surface area contributed by atoms with Gasteiger partial charge in [0.2, 0.25) is 5.91 Å². The molecule has 0 aliphatic carbocycles. The summed E-state index contributed by atoms with van der Waals surface area (Å²) < 4.78 is 6.12. The van der Waals surface area contributed by atoms with Crippen LogP contribution in [0.25, 0.3) is 10.9 Å². The van der Waals surface area contributed by atoms with Crippen LogP contribution in [-0.2, 0) is 22.5 Å². The quantitative estimate of drug-likeness (QED) is 0.188. The van der Waals surface area contributed by atoms with Gasteiger partial charge in [0.15, 0.2) is 0 Å². The number of carbonyl (C=O) groups excluding carboxylic acids is 2. The fourth-order valence-electron chi connectivity index (χ4n) is 4.45. The number of aromatic nitrogens is 1. The first-order chi connectivity index (χ1) is 18.9. The maximum absolute atomic E-state index is 13.7. The summed E-state index contributed by atoms with van der Waals surface area (Å²) in [7, 11) is 1.63. The molecule has 0 fully saturated rings. The molecule has 7 nitrogen and oxygen atoms in total. The van der Waals surface area contributed by atoms with E-state index in [0.717, 1.165) is 26.5 Å². The number of benzene rings is 3. The number of nitrogens with one attached hydrogen (secondary N) is 2. The molecule has 0 unspecified atom stereocenters. The highest BCUT2D eigenvalue weighted by molar-refractivity contribution is 9.10. The van der Waals surface area contributed by atoms with Crippen molar-refractivity contribution >= 4 is 44.5 Å². The maximum Gasteiger partial charge on any atom is 0.322 e. The van der Waals surface area contributed by atoms with Gasteiger partial charge in [0.05, 0.1) is 0 Å². The number of nitrogens with zero attached hydrogens (tertiary/aromatic N) is 2. The molecular weight excluding hydrogens is 556 g/mol. The zero-order chi connectivity index (χ0) is 27.6. The maximum atomic E-state index is 13.7. The number of hydrogen-bond donors (Lipinski definition) is 2. The number of H-pyrrole nitrogens is 1. The number of aryl methyl sites for hydroxylation is 1. The van der Waals surface area contributed by atoms with Gasteiger partial charge in [-0.1, -0.05) is 64.0 Å². The summed E-state index contributed by atoms with van der Waals surface area (Å²) in [4.78, 5) is 33.7. The third-order valence-corrected chi connectivity index (χ3v) is 7.19. The fraction of sp³-hybridized carbons (Fsp3) is 0.290. The molecule has 0 saturated heterocycles. The smallest absolute Gasteiger partial charge is 0.322 e. The SMILES string of the molecule is COCCCN(CC(=O)N(CCc1c[nH]c2ccccc12)Cc1ccc(C)cc1)C(=O)Nc1ccc(Br)cc1. The van der Waals surface area contributed by atoms with Crippen molar-refractivity contribution in [3.05, 3.63) is 100 Å². The normalized spacial score (nSPS) is 10.9. The van der Waals surface area contributed by atoms with Crippen LogP contribution in [0.1, 0.15) is 23.1 Å². The van der Waals surface area contributed by atoms with E-state index in [-0.39, 0.29) is 18.5 Å². The average Bonchev–Trinajstić information content (AvgIpc) is 3.36. The van der Waals surface area contributed by atoms with Crippen LogP contribution in [0.2, 0.25) is 0 Å². The Balaban J connectivity index is 1.50. The predicted octanol–water partition coefficient (Wildman–Crippen LogP) is 6.38. The second kappa shape index (κ2) is 14.0. The molecule has 39 heavy (non-hydrogen) atoms. The third-order valence-electron chi connectivity index (χ3n) is 6.66. The third kappa shape index (κ3) is 8.18. The van der Waals surface area contributed by atoms with E-state index in [1.165, 1.54) is 5.56 Å². The Kier molecular flexibility index (Phi) is 10.2. The summed E-state index contributed by atoms with van der Waals surface area (Å²) in [5.41, 5.74) is 5.14. The largest absolute Gasteiger partial charge is 0.385 e. The van der Waals surface area contributed by atoms with E-state index in [1.807, 2.05) is 54.4 Å². The van der Waals surface area contributed by atoms with Crippen molar-refractivity contribution in [1.29, 1.82) is 0 Å². The lowest BCUT2D eigenvalue weighted by molar-refractivity contribution is -0.132. The van der Waals surface area contributed by atoms with Gasteiger partial charge >= 0.3 is 6.03 Å². The molecule has 4 aromatic rings. The summed E-state index contributed by atoms with van der Waals surface area (Å²) >= 11 is 3.42. The van der Waals surface area contributed by atoms with Gasteiger partial charge < -0.3 is 24.8 Å². The number of amides is 3. The molecule has 1 aromatic heterocycles. The minimum Gasteiger partial charge on any atom is -0.385 e. The monoisotopic (exact) mass is 590 g/mol. The Hall–Kier alpha value is -3.62. The van der Waals surface area contributed by atoms with E-state index in [9.17, 15) is 9.59 Å². The van der Waals surface area contributed by atoms with Crippen molar-refractivity contribution in [2.45, 2.75) is 26.3 Å². The van der Waals surface area contributed by atoms with Gasteiger partial charge in [0, 0.05) is 60.6 Å². The van der Waals surface area contributed by atoms with Gasteiger partial charge in [-0.15, -0.1) is 0 Å². The van der Waals surface area contributed by atoms with E-state index >= 15 is 0 Å². The number of halogens is 1. The lowest BCUT2D eigenvalue weighted by Crippen LogP contribution is -2.45. The number of hydrogen-bond acceptors (Lipinski definition) is 3. The number of urea groups is 1. The van der Waals surface area contributed by atoms with E-state index in [4.69, 9.17) is 4.74 Å². The van der Waals surface area contributed by atoms with Crippen molar-refractivity contribution < 1.29 is 14.3 Å². The van der Waals surface area contributed by atoms with Gasteiger partial charge in [0.1, 0.15) is 6.54 Å². The number of carbonyl (C=O) groups is 2. The molecule has 4 rings (SSSR count). The number of ether oxygens (including phenoxy) is 1. The molecule has 0 aliphatic heterocycles. The Bertz CT molecular complexity index is 1370. The highest BCUT2D eigenvalue weighted by Crippen LogP contribution is 2.19.